The highest BCUT2D eigenvalue weighted by atomic mass is 79.9. The normalized spacial score (nSPS) is 10.2. The van der Waals surface area contributed by atoms with E-state index in [1.165, 1.54) is 0 Å². The van der Waals surface area contributed by atoms with Gasteiger partial charge in [-0.1, -0.05) is 64.5 Å². The molecular weight excluding hydrogens is 344 g/mol. The van der Waals surface area contributed by atoms with Gasteiger partial charge >= 0.3 is 5.97 Å². The maximum atomic E-state index is 12.0. The minimum atomic E-state index is -0.250. The average Bonchev–Trinajstić information content (AvgIpc) is 2.56. The Morgan fingerprint density at radius 1 is 1.00 bits per heavy atom. The van der Waals surface area contributed by atoms with Crippen LogP contribution in [0.5, 0.6) is 5.75 Å². The molecule has 0 saturated heterocycles. The van der Waals surface area contributed by atoms with E-state index in [1.54, 1.807) is 0 Å². The van der Waals surface area contributed by atoms with Gasteiger partial charge in [0.15, 0.2) is 0 Å². The Bertz CT molecular complexity index is 584. The molecule has 3 nitrogen and oxygen atoms in total. The zero-order valence-electron chi connectivity index (χ0n) is 12.3. The summed E-state index contributed by atoms with van der Waals surface area (Å²) in [7, 11) is 0. The molecule has 2 rings (SSSR count). The summed E-state index contributed by atoms with van der Waals surface area (Å²) in [5.74, 6) is 0.500. The van der Waals surface area contributed by atoms with E-state index in [-0.39, 0.29) is 12.4 Å². The fourth-order valence-corrected chi connectivity index (χ4v) is 2.20. The fraction of sp³-hybridized carbons (Fsp3) is 0.278. The standard InChI is InChI=1S/C18H19BrO3/c19-11-6-12-21-17-10-5-4-9-16(17)13-18(20)22-14-15-7-2-1-3-8-15/h1-5,7-10H,6,11-14H2. The largest absolute Gasteiger partial charge is 0.493 e. The van der Waals surface area contributed by atoms with Crippen molar-refractivity contribution >= 4 is 21.9 Å². The summed E-state index contributed by atoms with van der Waals surface area (Å²) in [5, 5.41) is 0.897. The quantitative estimate of drug-likeness (QED) is 0.402. The Kier molecular flexibility index (Phi) is 6.97. The van der Waals surface area contributed by atoms with Gasteiger partial charge in [0.25, 0.3) is 0 Å². The minimum absolute atomic E-state index is 0.220. The van der Waals surface area contributed by atoms with Crippen molar-refractivity contribution in [2.75, 3.05) is 11.9 Å². The van der Waals surface area contributed by atoms with Crippen LogP contribution in [0.4, 0.5) is 0 Å². The minimum Gasteiger partial charge on any atom is -0.493 e. The van der Waals surface area contributed by atoms with Crippen LogP contribution in [-0.4, -0.2) is 17.9 Å². The lowest BCUT2D eigenvalue weighted by Crippen LogP contribution is -2.09. The molecule has 2 aromatic rings. The maximum absolute atomic E-state index is 12.0. The van der Waals surface area contributed by atoms with Crippen LogP contribution in [0.2, 0.25) is 0 Å². The van der Waals surface area contributed by atoms with Crippen LogP contribution in [0, 0.1) is 0 Å². The van der Waals surface area contributed by atoms with E-state index in [9.17, 15) is 4.79 Å². The first-order chi connectivity index (χ1) is 10.8. The van der Waals surface area contributed by atoms with Crippen LogP contribution in [0.15, 0.2) is 54.6 Å². The number of carbonyl (C=O) groups excluding carboxylic acids is 1. The van der Waals surface area contributed by atoms with Crippen LogP contribution in [0.1, 0.15) is 17.5 Å². The molecule has 22 heavy (non-hydrogen) atoms. The van der Waals surface area contributed by atoms with E-state index < -0.39 is 0 Å². The lowest BCUT2D eigenvalue weighted by molar-refractivity contribution is -0.144. The van der Waals surface area contributed by atoms with Gasteiger partial charge in [0.05, 0.1) is 13.0 Å². The van der Waals surface area contributed by atoms with Crippen LogP contribution < -0.4 is 4.74 Å². The van der Waals surface area contributed by atoms with Crippen molar-refractivity contribution in [3.63, 3.8) is 0 Å². The molecule has 0 aliphatic rings. The van der Waals surface area contributed by atoms with Gasteiger partial charge in [-0.15, -0.1) is 0 Å². The highest BCUT2D eigenvalue weighted by Gasteiger charge is 2.10. The summed E-state index contributed by atoms with van der Waals surface area (Å²) in [5.41, 5.74) is 1.84. The van der Waals surface area contributed by atoms with Gasteiger partial charge in [-0.05, 0) is 18.1 Å². The highest BCUT2D eigenvalue weighted by Crippen LogP contribution is 2.19. The molecular formula is C18H19BrO3. The molecule has 0 heterocycles. The third-order valence-corrected chi connectivity index (χ3v) is 3.65. The Morgan fingerprint density at radius 3 is 2.50 bits per heavy atom. The summed E-state index contributed by atoms with van der Waals surface area (Å²) in [4.78, 5) is 12.0. The van der Waals surface area contributed by atoms with Crippen LogP contribution >= 0.6 is 15.9 Å². The molecule has 0 amide bonds. The second kappa shape index (κ2) is 9.26. The summed E-state index contributed by atoms with van der Waals surface area (Å²) in [6.07, 6.45) is 1.14. The van der Waals surface area contributed by atoms with E-state index in [0.717, 1.165) is 28.6 Å². The number of esters is 1. The molecule has 0 aliphatic carbocycles. The van der Waals surface area contributed by atoms with Crippen molar-refractivity contribution in [2.24, 2.45) is 0 Å². The van der Waals surface area contributed by atoms with Crippen LogP contribution in [-0.2, 0) is 22.6 Å². The van der Waals surface area contributed by atoms with Gasteiger partial charge in [0, 0.05) is 10.9 Å². The number of rotatable bonds is 8. The average molecular weight is 363 g/mol. The first-order valence-corrected chi connectivity index (χ1v) is 8.38. The van der Waals surface area contributed by atoms with Gasteiger partial charge in [-0.2, -0.15) is 0 Å². The molecule has 0 saturated carbocycles. The summed E-state index contributed by atoms with van der Waals surface area (Å²) >= 11 is 3.37. The molecule has 0 bridgehead atoms. The lowest BCUT2D eigenvalue weighted by Gasteiger charge is -2.11. The number of ether oxygens (including phenoxy) is 2. The highest BCUT2D eigenvalue weighted by molar-refractivity contribution is 9.09. The van der Waals surface area contributed by atoms with E-state index in [4.69, 9.17) is 9.47 Å². The molecule has 0 aromatic heterocycles. The Morgan fingerprint density at radius 2 is 1.73 bits per heavy atom. The van der Waals surface area contributed by atoms with Gasteiger partial charge in [-0.3, -0.25) is 4.79 Å². The predicted molar refractivity (Wildman–Crippen MR) is 90.3 cm³/mol. The molecule has 0 atom stereocenters. The molecule has 0 fully saturated rings. The van der Waals surface area contributed by atoms with E-state index in [0.29, 0.717) is 13.2 Å². The first-order valence-electron chi connectivity index (χ1n) is 7.26. The van der Waals surface area contributed by atoms with Crippen LogP contribution in [0.25, 0.3) is 0 Å². The smallest absolute Gasteiger partial charge is 0.310 e. The summed E-state index contributed by atoms with van der Waals surface area (Å²) in [6, 6.07) is 17.2. The predicted octanol–water partition coefficient (Wildman–Crippen LogP) is 4.14. The molecule has 116 valence electrons. The first kappa shape index (κ1) is 16.6. The molecule has 0 aliphatic heterocycles. The topological polar surface area (TPSA) is 35.5 Å². The monoisotopic (exact) mass is 362 g/mol. The summed E-state index contributed by atoms with van der Waals surface area (Å²) < 4.78 is 11.0. The van der Waals surface area contributed by atoms with Gasteiger partial charge in [-0.25, -0.2) is 0 Å². The number of carbonyl (C=O) groups is 1. The van der Waals surface area contributed by atoms with Crippen molar-refractivity contribution in [1.82, 2.24) is 0 Å². The Hall–Kier alpha value is -1.81. The van der Waals surface area contributed by atoms with Gasteiger partial charge in [0.2, 0.25) is 0 Å². The number of halogens is 1. The third-order valence-electron chi connectivity index (χ3n) is 3.09. The Labute approximate surface area is 139 Å². The second-order valence-corrected chi connectivity index (χ2v) is 5.61. The zero-order valence-corrected chi connectivity index (χ0v) is 13.9. The number of hydrogen-bond acceptors (Lipinski definition) is 3. The van der Waals surface area contributed by atoms with Crippen molar-refractivity contribution in [3.8, 4) is 5.75 Å². The molecule has 0 spiro atoms. The van der Waals surface area contributed by atoms with Gasteiger partial charge in [0.1, 0.15) is 12.4 Å². The number of para-hydroxylation sites is 1. The lowest BCUT2D eigenvalue weighted by atomic mass is 10.1. The summed E-state index contributed by atoms with van der Waals surface area (Å²) in [6.45, 7) is 0.924. The van der Waals surface area contributed by atoms with Crippen molar-refractivity contribution in [1.29, 1.82) is 0 Å². The van der Waals surface area contributed by atoms with Crippen molar-refractivity contribution in [3.05, 3.63) is 65.7 Å². The Balaban J connectivity index is 1.88. The van der Waals surface area contributed by atoms with Crippen molar-refractivity contribution in [2.45, 2.75) is 19.4 Å². The second-order valence-electron chi connectivity index (χ2n) is 4.82. The van der Waals surface area contributed by atoms with Crippen molar-refractivity contribution < 1.29 is 14.3 Å². The number of alkyl halides is 1. The fourth-order valence-electron chi connectivity index (χ4n) is 1.97. The number of hydrogen-bond donors (Lipinski definition) is 0. The molecule has 0 N–H and O–H groups in total. The van der Waals surface area contributed by atoms with E-state index >= 15 is 0 Å². The molecule has 4 heteroatoms. The van der Waals surface area contributed by atoms with E-state index in [1.807, 2.05) is 54.6 Å². The third kappa shape index (κ3) is 5.53. The SMILES string of the molecule is O=C(Cc1ccccc1OCCCBr)OCc1ccccc1. The molecule has 0 unspecified atom stereocenters. The van der Waals surface area contributed by atoms with Gasteiger partial charge < -0.3 is 9.47 Å². The molecule has 2 aromatic carbocycles. The van der Waals surface area contributed by atoms with E-state index in [2.05, 4.69) is 15.9 Å². The zero-order chi connectivity index (χ0) is 15.6. The van der Waals surface area contributed by atoms with Crippen LogP contribution in [0.3, 0.4) is 0 Å². The maximum Gasteiger partial charge on any atom is 0.310 e. The molecule has 0 radical (unpaired) electrons. The number of benzene rings is 2.